The Morgan fingerprint density at radius 1 is 0.500 bits per heavy atom. The normalized spacial score (nSPS) is 12.1. The number of esters is 1. The Balaban J connectivity index is 3.58. The molecule has 1 atom stereocenters. The Morgan fingerprint density at radius 3 is 1.44 bits per heavy atom. The Hall–Kier alpha value is -0.860. The lowest BCUT2D eigenvalue weighted by Gasteiger charge is -2.16. The average Bonchev–Trinajstić information content (AvgIpc) is 2.84. The Morgan fingerprint density at radius 2 is 0.912 bits per heavy atom. The molecule has 0 rings (SSSR count). The van der Waals surface area contributed by atoms with Crippen LogP contribution in [0, 0.1) is 5.92 Å². The SMILES string of the molecule is CCCCCCCCCC(=O)CCCCCCCCC(=O)OC[C@@H](CCCC)CCCCCC. The zero-order valence-corrected chi connectivity index (χ0v) is 23.5. The van der Waals surface area contributed by atoms with E-state index >= 15 is 0 Å². The van der Waals surface area contributed by atoms with Crippen LogP contribution >= 0.6 is 0 Å². The summed E-state index contributed by atoms with van der Waals surface area (Å²) < 4.78 is 5.62. The molecule has 0 aliphatic rings. The molecule has 0 fully saturated rings. The number of hydrogen-bond acceptors (Lipinski definition) is 3. The summed E-state index contributed by atoms with van der Waals surface area (Å²) in [5.74, 6) is 0.999. The van der Waals surface area contributed by atoms with E-state index in [2.05, 4.69) is 20.8 Å². The van der Waals surface area contributed by atoms with Gasteiger partial charge in [-0.05, 0) is 38.0 Å². The minimum Gasteiger partial charge on any atom is -0.465 e. The fourth-order valence-electron chi connectivity index (χ4n) is 4.65. The van der Waals surface area contributed by atoms with E-state index in [9.17, 15) is 9.59 Å². The van der Waals surface area contributed by atoms with Crippen molar-refractivity contribution in [3.63, 3.8) is 0 Å². The highest BCUT2D eigenvalue weighted by Crippen LogP contribution is 2.18. The summed E-state index contributed by atoms with van der Waals surface area (Å²) in [5.41, 5.74) is 0. The van der Waals surface area contributed by atoms with E-state index in [-0.39, 0.29) is 5.97 Å². The van der Waals surface area contributed by atoms with Gasteiger partial charge in [-0.25, -0.2) is 0 Å². The molecule has 0 aromatic heterocycles. The van der Waals surface area contributed by atoms with Gasteiger partial charge in [0.2, 0.25) is 0 Å². The third-order valence-electron chi connectivity index (χ3n) is 7.06. The zero-order valence-electron chi connectivity index (χ0n) is 23.5. The highest BCUT2D eigenvalue weighted by atomic mass is 16.5. The Bertz CT molecular complexity index is 446. The van der Waals surface area contributed by atoms with Crippen molar-refractivity contribution in [2.75, 3.05) is 6.61 Å². The molecule has 0 amide bonds. The summed E-state index contributed by atoms with van der Waals surface area (Å²) >= 11 is 0. The van der Waals surface area contributed by atoms with Crippen LogP contribution < -0.4 is 0 Å². The van der Waals surface area contributed by atoms with Crippen LogP contribution in [0.4, 0.5) is 0 Å². The minimum absolute atomic E-state index is 0.00832. The van der Waals surface area contributed by atoms with Crippen molar-refractivity contribution < 1.29 is 14.3 Å². The summed E-state index contributed by atoms with van der Waals surface area (Å²) in [7, 11) is 0. The second kappa shape index (κ2) is 26.7. The fourth-order valence-corrected chi connectivity index (χ4v) is 4.65. The van der Waals surface area contributed by atoms with Crippen LogP contribution in [0.15, 0.2) is 0 Å². The quantitative estimate of drug-likeness (QED) is 0.0867. The first-order chi connectivity index (χ1) is 16.6. The minimum atomic E-state index is -0.00832. The van der Waals surface area contributed by atoms with Gasteiger partial charge in [0.1, 0.15) is 5.78 Å². The van der Waals surface area contributed by atoms with Crippen molar-refractivity contribution in [2.24, 2.45) is 5.92 Å². The first-order valence-corrected chi connectivity index (χ1v) is 15.3. The van der Waals surface area contributed by atoms with Gasteiger partial charge in [-0.1, -0.05) is 124 Å². The van der Waals surface area contributed by atoms with Gasteiger partial charge in [0.15, 0.2) is 0 Å². The molecular formula is C31H60O3. The highest BCUT2D eigenvalue weighted by molar-refractivity contribution is 5.78. The van der Waals surface area contributed by atoms with Crippen LogP contribution in [0.1, 0.15) is 175 Å². The average molecular weight is 481 g/mol. The molecular weight excluding hydrogens is 420 g/mol. The van der Waals surface area contributed by atoms with Crippen molar-refractivity contribution in [3.05, 3.63) is 0 Å². The Labute approximate surface area is 213 Å². The van der Waals surface area contributed by atoms with Gasteiger partial charge in [-0.2, -0.15) is 0 Å². The highest BCUT2D eigenvalue weighted by Gasteiger charge is 2.12. The first kappa shape index (κ1) is 33.1. The summed E-state index contributed by atoms with van der Waals surface area (Å²) in [6.45, 7) is 7.35. The van der Waals surface area contributed by atoms with Gasteiger partial charge < -0.3 is 4.74 Å². The van der Waals surface area contributed by atoms with Crippen LogP contribution in [0.5, 0.6) is 0 Å². The second-order valence-electron chi connectivity index (χ2n) is 10.6. The molecule has 0 N–H and O–H groups in total. The number of carbonyl (C=O) groups excluding carboxylic acids is 2. The van der Waals surface area contributed by atoms with Crippen LogP contribution in [-0.4, -0.2) is 18.4 Å². The lowest BCUT2D eigenvalue weighted by Crippen LogP contribution is -2.14. The predicted octanol–water partition coefficient (Wildman–Crippen LogP) is 10.1. The van der Waals surface area contributed by atoms with Crippen LogP contribution in [0.25, 0.3) is 0 Å². The van der Waals surface area contributed by atoms with Gasteiger partial charge in [-0.3, -0.25) is 9.59 Å². The summed E-state index contributed by atoms with van der Waals surface area (Å²) in [4.78, 5) is 24.1. The second-order valence-corrected chi connectivity index (χ2v) is 10.6. The molecule has 0 aliphatic heterocycles. The van der Waals surface area contributed by atoms with Crippen molar-refractivity contribution in [1.82, 2.24) is 0 Å². The fraction of sp³-hybridized carbons (Fsp3) is 0.935. The van der Waals surface area contributed by atoms with E-state index in [1.807, 2.05) is 0 Å². The van der Waals surface area contributed by atoms with Gasteiger partial charge in [-0.15, -0.1) is 0 Å². The molecule has 0 spiro atoms. The smallest absolute Gasteiger partial charge is 0.305 e. The molecule has 0 saturated carbocycles. The van der Waals surface area contributed by atoms with Crippen molar-refractivity contribution >= 4 is 11.8 Å². The van der Waals surface area contributed by atoms with Crippen molar-refractivity contribution in [3.8, 4) is 0 Å². The van der Waals surface area contributed by atoms with Crippen LogP contribution in [0.3, 0.4) is 0 Å². The van der Waals surface area contributed by atoms with E-state index < -0.39 is 0 Å². The maximum Gasteiger partial charge on any atom is 0.305 e. The summed E-state index contributed by atoms with van der Waals surface area (Å²) in [6.07, 6.45) is 27.6. The first-order valence-electron chi connectivity index (χ1n) is 15.3. The number of carbonyl (C=O) groups is 2. The maximum absolute atomic E-state index is 12.1. The lowest BCUT2D eigenvalue weighted by atomic mass is 9.96. The molecule has 0 bridgehead atoms. The van der Waals surface area contributed by atoms with Crippen molar-refractivity contribution in [2.45, 2.75) is 175 Å². The largest absolute Gasteiger partial charge is 0.465 e. The van der Waals surface area contributed by atoms with E-state index in [0.29, 0.717) is 24.7 Å². The number of hydrogen-bond donors (Lipinski definition) is 0. The number of rotatable bonds is 27. The van der Waals surface area contributed by atoms with Gasteiger partial charge in [0, 0.05) is 19.3 Å². The van der Waals surface area contributed by atoms with E-state index in [1.165, 1.54) is 96.3 Å². The standard InChI is InChI=1S/C31H60O3/c1-4-7-10-12-13-16-20-25-30(32)26-21-17-14-15-18-22-27-31(33)34-28-29(23-9-6-3)24-19-11-8-5-2/h29H,4-28H2,1-3H3/t29-/m0/s1. The molecule has 0 heterocycles. The third kappa shape index (κ3) is 24.3. The molecule has 0 aromatic rings. The van der Waals surface area contributed by atoms with Gasteiger partial charge >= 0.3 is 5.97 Å². The number of Topliss-reactive ketones (excluding diaryl/α,β-unsaturated/α-hetero) is 1. The van der Waals surface area contributed by atoms with Crippen LogP contribution in [-0.2, 0) is 14.3 Å². The molecule has 0 aromatic carbocycles. The summed E-state index contributed by atoms with van der Waals surface area (Å²) in [6, 6.07) is 0. The number of ketones is 1. The number of ether oxygens (including phenoxy) is 1. The van der Waals surface area contributed by atoms with Crippen molar-refractivity contribution in [1.29, 1.82) is 0 Å². The molecule has 0 radical (unpaired) electrons. The topological polar surface area (TPSA) is 43.4 Å². The molecule has 0 unspecified atom stereocenters. The summed E-state index contributed by atoms with van der Waals surface area (Å²) in [5, 5.41) is 0. The zero-order chi connectivity index (χ0) is 25.1. The molecule has 202 valence electrons. The number of unbranched alkanes of at least 4 members (excludes halogenated alkanes) is 15. The van der Waals surface area contributed by atoms with E-state index in [0.717, 1.165) is 51.4 Å². The molecule has 3 heteroatoms. The maximum atomic E-state index is 12.1. The molecule has 0 saturated heterocycles. The predicted molar refractivity (Wildman–Crippen MR) is 147 cm³/mol. The van der Waals surface area contributed by atoms with E-state index in [4.69, 9.17) is 4.74 Å². The molecule has 0 aliphatic carbocycles. The van der Waals surface area contributed by atoms with Gasteiger partial charge in [0.05, 0.1) is 6.61 Å². The lowest BCUT2D eigenvalue weighted by molar-refractivity contribution is -0.145. The molecule has 3 nitrogen and oxygen atoms in total. The third-order valence-corrected chi connectivity index (χ3v) is 7.06. The van der Waals surface area contributed by atoms with E-state index in [1.54, 1.807) is 0 Å². The Kier molecular flexibility index (Phi) is 26.1. The molecule has 34 heavy (non-hydrogen) atoms. The monoisotopic (exact) mass is 480 g/mol. The van der Waals surface area contributed by atoms with Gasteiger partial charge in [0.25, 0.3) is 0 Å². The van der Waals surface area contributed by atoms with Crippen LogP contribution in [0.2, 0.25) is 0 Å².